The number of carbonyl (C=O) groups is 5. The summed E-state index contributed by atoms with van der Waals surface area (Å²) >= 11 is 0. The topological polar surface area (TPSA) is 135 Å². The van der Waals surface area contributed by atoms with Crippen molar-refractivity contribution < 1.29 is 47.7 Å². The molecule has 0 saturated heterocycles. The first-order chi connectivity index (χ1) is 28.0. The van der Waals surface area contributed by atoms with Crippen LogP contribution in [0, 0.1) is 11.8 Å². The molecule has 0 aliphatic rings. The van der Waals surface area contributed by atoms with Crippen molar-refractivity contribution >= 4 is 29.8 Å². The summed E-state index contributed by atoms with van der Waals surface area (Å²) in [6.45, 7) is 10.6. The second-order valence-corrected chi connectivity index (χ2v) is 16.5. The molecule has 0 radical (unpaired) electrons. The van der Waals surface area contributed by atoms with Gasteiger partial charge in [0.05, 0.1) is 52.1 Å². The number of esters is 5. The van der Waals surface area contributed by atoms with Crippen LogP contribution in [0.4, 0.5) is 0 Å². The van der Waals surface area contributed by atoms with Gasteiger partial charge in [0.2, 0.25) is 0 Å². The Bertz CT molecular complexity index is 949. The van der Waals surface area contributed by atoms with E-state index in [-0.39, 0.29) is 56.8 Å². The Morgan fingerprint density at radius 3 is 1.05 bits per heavy atom. The lowest BCUT2D eigenvalue weighted by atomic mass is 9.92. The first-order valence-corrected chi connectivity index (χ1v) is 23.5. The molecule has 0 bridgehead atoms. The maximum absolute atomic E-state index is 12.6. The first kappa shape index (κ1) is 55.3. The molecule has 0 heterocycles. The van der Waals surface area contributed by atoms with Crippen LogP contribution >= 0.6 is 0 Å². The molecule has 0 saturated carbocycles. The summed E-state index contributed by atoms with van der Waals surface area (Å²) < 4.78 is 27.4. The van der Waals surface area contributed by atoms with Gasteiger partial charge in [-0.05, 0) is 77.4 Å². The zero-order chi connectivity index (χ0) is 43.1. The van der Waals surface area contributed by atoms with Gasteiger partial charge in [-0.1, -0.05) is 130 Å². The van der Waals surface area contributed by atoms with E-state index < -0.39 is 18.0 Å². The van der Waals surface area contributed by atoms with Gasteiger partial charge in [-0.15, -0.1) is 0 Å². The van der Waals surface area contributed by atoms with E-state index in [4.69, 9.17) is 23.7 Å². The van der Waals surface area contributed by atoms with E-state index in [2.05, 4.69) is 27.7 Å². The number of hydrogen-bond acceptors (Lipinski definition) is 11. The quantitative estimate of drug-likeness (QED) is 0.0331. The SMILES string of the molecule is CCCCCC(CCCCC)CCOC(=O)CCC(=O)OCCCC(CCCOC(=O)CCC(=O)OCCC(CCCCC)CCCCC)OC(=O)CCCN(C)C. The first-order valence-electron chi connectivity index (χ1n) is 23.5. The predicted molar refractivity (Wildman–Crippen MR) is 231 cm³/mol. The van der Waals surface area contributed by atoms with E-state index >= 15 is 0 Å². The van der Waals surface area contributed by atoms with Gasteiger partial charge in [-0.2, -0.15) is 0 Å². The predicted octanol–water partition coefficient (Wildman–Crippen LogP) is 10.9. The van der Waals surface area contributed by atoms with Gasteiger partial charge in [0, 0.05) is 6.42 Å². The summed E-state index contributed by atoms with van der Waals surface area (Å²) in [4.78, 5) is 63.9. The number of rotatable bonds is 41. The Labute approximate surface area is 354 Å². The van der Waals surface area contributed by atoms with Crippen molar-refractivity contribution in [3.63, 3.8) is 0 Å². The maximum Gasteiger partial charge on any atom is 0.306 e. The van der Waals surface area contributed by atoms with Gasteiger partial charge in [0.1, 0.15) is 6.10 Å². The fraction of sp³-hybridized carbons (Fsp3) is 0.894. The van der Waals surface area contributed by atoms with Crippen LogP contribution in [0.1, 0.15) is 207 Å². The van der Waals surface area contributed by atoms with Crippen molar-refractivity contribution in [1.82, 2.24) is 4.90 Å². The van der Waals surface area contributed by atoms with Gasteiger partial charge in [-0.3, -0.25) is 24.0 Å². The van der Waals surface area contributed by atoms with Crippen molar-refractivity contribution in [3.05, 3.63) is 0 Å². The summed E-state index contributed by atoms with van der Waals surface area (Å²) in [5.41, 5.74) is 0. The third kappa shape index (κ3) is 36.4. The molecular weight excluding hydrogens is 739 g/mol. The molecule has 0 fully saturated rings. The molecule has 0 aliphatic heterocycles. The molecule has 0 N–H and O–H groups in total. The Hall–Kier alpha value is -2.69. The second-order valence-electron chi connectivity index (χ2n) is 16.5. The summed E-state index contributed by atoms with van der Waals surface area (Å²) in [5, 5.41) is 0. The summed E-state index contributed by atoms with van der Waals surface area (Å²) in [6, 6.07) is 0. The van der Waals surface area contributed by atoms with E-state index in [1.54, 1.807) is 0 Å². The van der Waals surface area contributed by atoms with Crippen LogP contribution in [-0.2, 0) is 47.7 Å². The monoisotopic (exact) mass is 826 g/mol. The molecule has 0 aromatic rings. The highest BCUT2D eigenvalue weighted by molar-refractivity contribution is 5.78. The number of unbranched alkanes of at least 4 members (excludes halogenated alkanes) is 8. The van der Waals surface area contributed by atoms with Gasteiger partial charge in [0.25, 0.3) is 0 Å². The van der Waals surface area contributed by atoms with Crippen molar-refractivity contribution in [2.24, 2.45) is 11.8 Å². The van der Waals surface area contributed by atoms with Crippen LogP contribution in [0.5, 0.6) is 0 Å². The molecule has 340 valence electrons. The van der Waals surface area contributed by atoms with E-state index in [1.807, 2.05) is 19.0 Å². The van der Waals surface area contributed by atoms with Crippen LogP contribution in [-0.4, -0.2) is 87.9 Å². The second kappa shape index (κ2) is 39.8. The molecule has 0 atom stereocenters. The molecule has 58 heavy (non-hydrogen) atoms. The fourth-order valence-electron chi connectivity index (χ4n) is 7.01. The highest BCUT2D eigenvalue weighted by atomic mass is 16.6. The third-order valence-electron chi connectivity index (χ3n) is 10.7. The number of hydrogen-bond donors (Lipinski definition) is 0. The molecule has 0 aliphatic carbocycles. The minimum absolute atomic E-state index is 0.0128. The number of nitrogens with zero attached hydrogens (tertiary/aromatic N) is 1. The maximum atomic E-state index is 12.6. The molecule has 0 aromatic heterocycles. The molecular formula is C47H87NO10. The van der Waals surface area contributed by atoms with Crippen LogP contribution in [0.3, 0.4) is 0 Å². The van der Waals surface area contributed by atoms with E-state index in [0.29, 0.717) is 63.6 Å². The molecule has 11 heteroatoms. The van der Waals surface area contributed by atoms with Crippen LogP contribution in [0.25, 0.3) is 0 Å². The normalized spacial score (nSPS) is 11.4. The summed E-state index contributed by atoms with van der Waals surface area (Å²) in [7, 11) is 3.90. The Balaban J connectivity index is 4.57. The van der Waals surface area contributed by atoms with Crippen LogP contribution in [0.2, 0.25) is 0 Å². The lowest BCUT2D eigenvalue weighted by molar-refractivity contribution is -0.153. The molecule has 0 aromatic carbocycles. The molecule has 0 amide bonds. The van der Waals surface area contributed by atoms with Crippen LogP contribution < -0.4 is 0 Å². The fourth-order valence-corrected chi connectivity index (χ4v) is 7.01. The lowest BCUT2D eigenvalue weighted by Gasteiger charge is -2.18. The zero-order valence-corrected chi connectivity index (χ0v) is 38.1. The minimum Gasteiger partial charge on any atom is -0.466 e. The van der Waals surface area contributed by atoms with Crippen molar-refractivity contribution in [1.29, 1.82) is 0 Å². The Morgan fingerprint density at radius 2 is 0.724 bits per heavy atom. The van der Waals surface area contributed by atoms with Gasteiger partial charge < -0.3 is 28.6 Å². The highest BCUT2D eigenvalue weighted by Crippen LogP contribution is 2.22. The third-order valence-corrected chi connectivity index (χ3v) is 10.7. The molecule has 0 spiro atoms. The summed E-state index contributed by atoms with van der Waals surface area (Å²) in [6.07, 6.45) is 23.3. The van der Waals surface area contributed by atoms with Gasteiger partial charge >= 0.3 is 29.8 Å². The lowest BCUT2D eigenvalue weighted by Crippen LogP contribution is -2.21. The molecule has 0 unspecified atom stereocenters. The zero-order valence-electron chi connectivity index (χ0n) is 38.1. The summed E-state index contributed by atoms with van der Waals surface area (Å²) in [5.74, 6) is -0.834. The number of carbonyl (C=O) groups excluding carboxylic acids is 5. The van der Waals surface area contributed by atoms with E-state index in [1.165, 1.54) is 103 Å². The smallest absolute Gasteiger partial charge is 0.306 e. The Morgan fingerprint density at radius 1 is 0.379 bits per heavy atom. The average Bonchev–Trinajstić information content (AvgIpc) is 3.19. The van der Waals surface area contributed by atoms with Crippen molar-refractivity contribution in [3.8, 4) is 0 Å². The largest absolute Gasteiger partial charge is 0.466 e. The Kier molecular flexibility index (Phi) is 37.9. The molecule has 0 rings (SSSR count). The highest BCUT2D eigenvalue weighted by Gasteiger charge is 2.18. The van der Waals surface area contributed by atoms with E-state index in [9.17, 15) is 24.0 Å². The standard InChI is InChI=1S/C47H87NO10/c1-7-11-15-22-40(23-16-12-8-2)33-38-56-45(51)31-29-43(49)54-36-20-26-42(58-47(53)28-19-35-48(5)6)27-21-37-55-44(50)30-32-46(52)57-39-34-41(24-17-13-9-3)25-18-14-10-4/h40-42H,7-39H2,1-6H3. The van der Waals surface area contributed by atoms with Crippen molar-refractivity contribution in [2.45, 2.75) is 214 Å². The van der Waals surface area contributed by atoms with Crippen LogP contribution in [0.15, 0.2) is 0 Å². The van der Waals surface area contributed by atoms with Gasteiger partial charge in [-0.25, -0.2) is 0 Å². The van der Waals surface area contributed by atoms with E-state index in [0.717, 1.165) is 19.4 Å². The molecule has 11 nitrogen and oxygen atoms in total. The van der Waals surface area contributed by atoms with Crippen molar-refractivity contribution in [2.75, 3.05) is 47.1 Å². The number of ether oxygens (including phenoxy) is 5. The van der Waals surface area contributed by atoms with Gasteiger partial charge in [0.15, 0.2) is 0 Å². The minimum atomic E-state index is -0.462. The average molecular weight is 826 g/mol.